The number of hydrogen-bond acceptors (Lipinski definition) is 4. The fraction of sp³-hybridized carbons (Fsp3) is 0.909. The van der Waals surface area contributed by atoms with Crippen LogP contribution in [-0.4, -0.2) is 44.5 Å². The molecule has 2 aliphatic rings. The summed E-state index contributed by atoms with van der Waals surface area (Å²) >= 11 is 0. The molecule has 0 bridgehead atoms. The highest BCUT2D eigenvalue weighted by atomic mass is 35.5. The van der Waals surface area contributed by atoms with Crippen LogP contribution in [0.5, 0.6) is 0 Å². The second kappa shape index (κ2) is 6.54. The maximum atomic E-state index is 11.2. The molecule has 1 saturated heterocycles. The quantitative estimate of drug-likeness (QED) is 0.773. The lowest BCUT2D eigenvalue weighted by Crippen LogP contribution is -2.38. The molecule has 0 aromatic carbocycles. The van der Waals surface area contributed by atoms with Crippen LogP contribution in [0.25, 0.3) is 0 Å². The summed E-state index contributed by atoms with van der Waals surface area (Å²) in [6.45, 7) is 1.49. The summed E-state index contributed by atoms with van der Waals surface area (Å²) in [6, 6.07) is 0. The first-order valence-electron chi connectivity index (χ1n) is 5.97. The molecule has 5 nitrogen and oxygen atoms in total. The van der Waals surface area contributed by atoms with Crippen LogP contribution < -0.4 is 10.6 Å². The topological polar surface area (TPSA) is 59.6 Å². The van der Waals surface area contributed by atoms with Crippen molar-refractivity contribution in [2.75, 3.05) is 26.7 Å². The molecule has 1 aliphatic carbocycles. The first-order chi connectivity index (χ1) is 7.74. The van der Waals surface area contributed by atoms with E-state index < -0.39 is 0 Å². The molecule has 100 valence electrons. The summed E-state index contributed by atoms with van der Waals surface area (Å²) in [5.41, 5.74) is 0. The number of rotatable bonds is 4. The Kier molecular flexibility index (Phi) is 5.66. The Bertz CT molecular complexity index is 257. The number of likely N-dealkylation sites (N-methyl/N-ethyl adjacent to an activating group) is 1. The Hall–Kier alpha value is -0.360. The Labute approximate surface area is 108 Å². The van der Waals surface area contributed by atoms with Gasteiger partial charge in [-0.3, -0.25) is 4.79 Å². The van der Waals surface area contributed by atoms with E-state index in [1.807, 2.05) is 0 Å². The third-order valence-electron chi connectivity index (χ3n) is 3.14. The molecule has 1 aliphatic heterocycles. The molecule has 0 radical (unpaired) electrons. The van der Waals surface area contributed by atoms with E-state index in [4.69, 9.17) is 9.47 Å². The normalized spacial score (nSPS) is 25.8. The van der Waals surface area contributed by atoms with Crippen LogP contribution in [0.4, 0.5) is 0 Å². The Morgan fingerprint density at radius 2 is 2.12 bits per heavy atom. The average molecular weight is 265 g/mol. The van der Waals surface area contributed by atoms with Gasteiger partial charge in [-0.05, 0) is 19.9 Å². The molecule has 6 heteroatoms. The van der Waals surface area contributed by atoms with Crippen LogP contribution in [-0.2, 0) is 14.3 Å². The van der Waals surface area contributed by atoms with Gasteiger partial charge in [-0.1, -0.05) is 0 Å². The van der Waals surface area contributed by atoms with Crippen LogP contribution in [0, 0.1) is 0 Å². The fourth-order valence-electron chi connectivity index (χ4n) is 2.34. The van der Waals surface area contributed by atoms with Gasteiger partial charge in [0.25, 0.3) is 0 Å². The molecular weight excluding hydrogens is 244 g/mol. The van der Waals surface area contributed by atoms with E-state index in [2.05, 4.69) is 10.6 Å². The van der Waals surface area contributed by atoms with Crippen molar-refractivity contribution in [2.24, 2.45) is 0 Å². The Morgan fingerprint density at radius 1 is 1.41 bits per heavy atom. The fourth-order valence-corrected chi connectivity index (χ4v) is 2.34. The summed E-state index contributed by atoms with van der Waals surface area (Å²) in [5.74, 6) is -0.322. The van der Waals surface area contributed by atoms with Gasteiger partial charge in [0, 0.05) is 19.4 Å². The number of nitrogens with one attached hydrogen (secondary N) is 2. The smallest absolute Gasteiger partial charge is 0.234 e. The third kappa shape index (κ3) is 3.81. The van der Waals surface area contributed by atoms with Gasteiger partial charge in [-0.25, -0.2) is 0 Å². The van der Waals surface area contributed by atoms with E-state index in [0.717, 1.165) is 12.8 Å². The number of amides is 1. The molecular formula is C11H21ClN2O3. The zero-order valence-corrected chi connectivity index (χ0v) is 11.0. The Morgan fingerprint density at radius 3 is 2.76 bits per heavy atom. The minimum atomic E-state index is -0.321. The van der Waals surface area contributed by atoms with Crippen molar-refractivity contribution in [3.05, 3.63) is 0 Å². The first kappa shape index (κ1) is 14.7. The molecule has 17 heavy (non-hydrogen) atoms. The number of halogens is 1. The lowest BCUT2D eigenvalue weighted by molar-refractivity contribution is -0.161. The average Bonchev–Trinajstić information content (AvgIpc) is 2.88. The third-order valence-corrected chi connectivity index (χ3v) is 3.14. The van der Waals surface area contributed by atoms with Crippen molar-refractivity contribution in [3.63, 3.8) is 0 Å². The number of carbonyl (C=O) groups excluding carboxylic acids is 1. The highest BCUT2D eigenvalue weighted by Gasteiger charge is 2.43. The van der Waals surface area contributed by atoms with E-state index in [9.17, 15) is 4.79 Å². The predicted molar refractivity (Wildman–Crippen MR) is 66.2 cm³/mol. The minimum Gasteiger partial charge on any atom is -0.352 e. The molecule has 1 saturated carbocycles. The maximum Gasteiger partial charge on any atom is 0.234 e. The Balaban J connectivity index is 0.00000144. The van der Waals surface area contributed by atoms with Crippen LogP contribution in [0.3, 0.4) is 0 Å². The lowest BCUT2D eigenvalue weighted by atomic mass is 10.2. The van der Waals surface area contributed by atoms with Gasteiger partial charge < -0.3 is 20.1 Å². The van der Waals surface area contributed by atoms with Gasteiger partial charge in [0.2, 0.25) is 5.91 Å². The van der Waals surface area contributed by atoms with E-state index in [1.54, 1.807) is 7.05 Å². The molecule has 1 heterocycles. The van der Waals surface area contributed by atoms with Crippen LogP contribution in [0.2, 0.25) is 0 Å². The summed E-state index contributed by atoms with van der Waals surface area (Å²) in [5, 5.41) is 5.63. The van der Waals surface area contributed by atoms with E-state index in [1.165, 1.54) is 12.8 Å². The van der Waals surface area contributed by atoms with E-state index in [-0.39, 0.29) is 30.2 Å². The molecule has 1 atom stereocenters. The van der Waals surface area contributed by atoms with Crippen molar-refractivity contribution < 1.29 is 14.3 Å². The van der Waals surface area contributed by atoms with E-state index in [0.29, 0.717) is 19.7 Å². The maximum absolute atomic E-state index is 11.2. The largest absolute Gasteiger partial charge is 0.352 e. The van der Waals surface area contributed by atoms with Crippen molar-refractivity contribution >= 4 is 18.3 Å². The summed E-state index contributed by atoms with van der Waals surface area (Å²) in [4.78, 5) is 11.2. The van der Waals surface area contributed by atoms with Crippen molar-refractivity contribution in [3.8, 4) is 0 Å². The molecule has 0 aromatic rings. The van der Waals surface area contributed by atoms with Crippen molar-refractivity contribution in [1.29, 1.82) is 0 Å². The zero-order chi connectivity index (χ0) is 11.4. The summed E-state index contributed by atoms with van der Waals surface area (Å²) < 4.78 is 11.6. The van der Waals surface area contributed by atoms with Gasteiger partial charge in [-0.15, -0.1) is 12.4 Å². The molecule has 2 fully saturated rings. The lowest BCUT2D eigenvalue weighted by Gasteiger charge is -2.21. The van der Waals surface area contributed by atoms with E-state index >= 15 is 0 Å². The molecule has 0 aromatic heterocycles. The van der Waals surface area contributed by atoms with Crippen molar-refractivity contribution in [1.82, 2.24) is 10.6 Å². The molecule has 2 rings (SSSR count). The molecule has 1 unspecified atom stereocenters. The van der Waals surface area contributed by atoms with Gasteiger partial charge in [0.05, 0.1) is 13.2 Å². The SMILES string of the molecule is CNCC(=O)NCC1COC2(CCCC2)O1.Cl. The minimum absolute atomic E-state index is 0. The van der Waals surface area contributed by atoms with Crippen molar-refractivity contribution in [2.45, 2.75) is 37.6 Å². The second-order valence-corrected chi connectivity index (χ2v) is 4.50. The number of hydrogen-bond donors (Lipinski definition) is 2. The zero-order valence-electron chi connectivity index (χ0n) is 10.2. The van der Waals surface area contributed by atoms with Gasteiger partial charge >= 0.3 is 0 Å². The molecule has 2 N–H and O–H groups in total. The highest BCUT2D eigenvalue weighted by molar-refractivity contribution is 5.85. The number of ether oxygens (including phenoxy) is 2. The standard InChI is InChI=1S/C11H20N2O3.ClH/c1-12-7-10(14)13-6-9-8-15-11(16-9)4-2-3-5-11;/h9,12H,2-8H2,1H3,(H,13,14);1H. The van der Waals surface area contributed by atoms with Gasteiger partial charge in [-0.2, -0.15) is 0 Å². The molecule has 1 spiro atoms. The monoisotopic (exact) mass is 264 g/mol. The van der Waals surface area contributed by atoms with Crippen LogP contribution >= 0.6 is 12.4 Å². The predicted octanol–water partition coefficient (Wildman–Crippen LogP) is 0.429. The van der Waals surface area contributed by atoms with Gasteiger partial charge in [0.15, 0.2) is 5.79 Å². The van der Waals surface area contributed by atoms with Gasteiger partial charge in [0.1, 0.15) is 6.10 Å². The summed E-state index contributed by atoms with van der Waals surface area (Å²) in [7, 11) is 1.75. The number of carbonyl (C=O) groups is 1. The first-order valence-corrected chi connectivity index (χ1v) is 5.97. The summed E-state index contributed by atoms with van der Waals surface area (Å²) in [6.07, 6.45) is 4.36. The highest BCUT2D eigenvalue weighted by Crippen LogP contribution is 2.38. The van der Waals surface area contributed by atoms with Crippen LogP contribution in [0.1, 0.15) is 25.7 Å². The van der Waals surface area contributed by atoms with Crippen LogP contribution in [0.15, 0.2) is 0 Å². The molecule has 1 amide bonds. The second-order valence-electron chi connectivity index (χ2n) is 4.50.